The molecule has 3 N–H and O–H groups in total. The molecule has 2 aromatic rings. The number of carbonyl (C=O) groups is 5. The van der Waals surface area contributed by atoms with Crippen LogP contribution in [-0.2, 0) is 32.1 Å². The lowest BCUT2D eigenvalue weighted by molar-refractivity contribution is -0.151. The highest BCUT2D eigenvalue weighted by Gasteiger charge is 2.37. The van der Waals surface area contributed by atoms with Gasteiger partial charge in [0.05, 0.1) is 22.8 Å². The molecule has 0 radical (unpaired) electrons. The molecule has 5 amide bonds. The van der Waals surface area contributed by atoms with Gasteiger partial charge >= 0.3 is 23.6 Å². The van der Waals surface area contributed by atoms with E-state index < -0.39 is 41.6 Å². The number of hydrogen-bond donors (Lipinski definition) is 3. The lowest BCUT2D eigenvalue weighted by Gasteiger charge is -2.38. The van der Waals surface area contributed by atoms with Gasteiger partial charge in [0.15, 0.2) is 5.01 Å². The number of hydrogen-bond acceptors (Lipinski definition) is 9. The Labute approximate surface area is 233 Å². The highest BCUT2D eigenvalue weighted by atomic mass is 35.5. The van der Waals surface area contributed by atoms with Crippen LogP contribution in [0.25, 0.3) is 0 Å². The summed E-state index contributed by atoms with van der Waals surface area (Å²) in [5.74, 6) is -3.62. The van der Waals surface area contributed by atoms with Crippen LogP contribution in [0, 0.1) is 0 Å². The summed E-state index contributed by atoms with van der Waals surface area (Å²) in [6.45, 7) is 1.66. The fourth-order valence-electron chi connectivity index (χ4n) is 4.29. The summed E-state index contributed by atoms with van der Waals surface area (Å²) in [5, 5.41) is 8.55. The Bertz CT molecular complexity index is 1280. The number of nitrogens with zero attached hydrogens (tertiary/aromatic N) is 5. The summed E-state index contributed by atoms with van der Waals surface area (Å²) in [6, 6.07) is 1.50. The van der Waals surface area contributed by atoms with Gasteiger partial charge in [-0.1, -0.05) is 11.6 Å². The van der Waals surface area contributed by atoms with Gasteiger partial charge in [0.2, 0.25) is 0 Å². The van der Waals surface area contributed by atoms with E-state index in [0.29, 0.717) is 11.6 Å². The first-order chi connectivity index (χ1) is 18.5. The summed E-state index contributed by atoms with van der Waals surface area (Å²) >= 11 is 7.10. The van der Waals surface area contributed by atoms with Crippen LogP contribution in [0.1, 0.15) is 26.8 Å². The third kappa shape index (κ3) is 6.88. The highest BCUT2D eigenvalue weighted by Crippen LogP contribution is 2.25. The van der Waals surface area contributed by atoms with Gasteiger partial charge < -0.3 is 30.7 Å². The van der Waals surface area contributed by atoms with E-state index in [1.165, 1.54) is 53.6 Å². The van der Waals surface area contributed by atoms with E-state index in [0.717, 1.165) is 23.5 Å². The smallest absolute Gasteiger partial charge is 0.314 e. The quantitative estimate of drug-likeness (QED) is 0.420. The minimum absolute atomic E-state index is 0.0384. The van der Waals surface area contributed by atoms with E-state index in [9.17, 15) is 24.0 Å². The second-order valence-electron chi connectivity index (χ2n) is 9.59. The van der Waals surface area contributed by atoms with Gasteiger partial charge in [-0.25, -0.2) is 9.97 Å². The monoisotopic (exact) mass is 576 g/mol. The van der Waals surface area contributed by atoms with E-state index in [1.807, 2.05) is 7.05 Å². The molecule has 2 aromatic heterocycles. The van der Waals surface area contributed by atoms with Crippen molar-refractivity contribution in [1.29, 1.82) is 0 Å². The van der Waals surface area contributed by atoms with Gasteiger partial charge in [0.1, 0.15) is 5.82 Å². The Morgan fingerprint density at radius 1 is 1.08 bits per heavy atom. The Kier molecular flexibility index (Phi) is 8.77. The van der Waals surface area contributed by atoms with E-state index in [1.54, 1.807) is 0 Å². The number of halogens is 1. The number of anilines is 1. The van der Waals surface area contributed by atoms with Crippen molar-refractivity contribution in [1.82, 2.24) is 35.3 Å². The maximum Gasteiger partial charge on any atom is 0.314 e. The molecule has 15 heteroatoms. The SMILES string of the molecule is CN1CCc2nc(C(=O)N[C@@H]3CN(C(=O)C(=O)N(C)C)CC[C@@H]3NC(=O)C(=O)Nc3ccc(Cl)cn3)sc2C1. The number of fused-ring (bicyclic) bond motifs is 1. The molecule has 0 unspecified atom stereocenters. The second-order valence-corrected chi connectivity index (χ2v) is 11.1. The molecular formula is C24H29ClN8O5S. The first kappa shape index (κ1) is 28.4. The van der Waals surface area contributed by atoms with Crippen LogP contribution in [0.4, 0.5) is 5.82 Å². The number of aromatic nitrogens is 2. The largest absolute Gasteiger partial charge is 0.343 e. The molecule has 0 bridgehead atoms. The number of nitrogens with one attached hydrogen (secondary N) is 3. The van der Waals surface area contributed by atoms with Crippen LogP contribution in [0.3, 0.4) is 0 Å². The molecular weight excluding hydrogens is 548 g/mol. The molecule has 0 spiro atoms. The van der Waals surface area contributed by atoms with Crippen LogP contribution >= 0.6 is 22.9 Å². The van der Waals surface area contributed by atoms with Gasteiger partial charge in [-0.3, -0.25) is 24.0 Å². The van der Waals surface area contributed by atoms with Gasteiger partial charge in [0, 0.05) is 57.8 Å². The van der Waals surface area contributed by atoms with Crippen molar-refractivity contribution in [3.8, 4) is 0 Å². The molecule has 2 atom stereocenters. The topological polar surface area (TPSA) is 157 Å². The van der Waals surface area contributed by atoms with Crippen molar-refractivity contribution in [3.05, 3.63) is 38.9 Å². The number of thiazole rings is 1. The first-order valence-corrected chi connectivity index (χ1v) is 13.4. The molecule has 2 aliphatic rings. The Balaban J connectivity index is 1.47. The maximum atomic E-state index is 13.2. The third-order valence-corrected chi connectivity index (χ3v) is 7.72. The zero-order valence-corrected chi connectivity index (χ0v) is 23.3. The average molecular weight is 577 g/mol. The highest BCUT2D eigenvalue weighted by molar-refractivity contribution is 7.13. The van der Waals surface area contributed by atoms with Crippen molar-refractivity contribution >= 4 is 58.3 Å². The molecule has 4 heterocycles. The lowest BCUT2D eigenvalue weighted by Crippen LogP contribution is -2.63. The van der Waals surface area contributed by atoms with E-state index in [2.05, 4.69) is 30.8 Å². The molecule has 0 saturated carbocycles. The van der Waals surface area contributed by atoms with Gasteiger partial charge in [0.25, 0.3) is 5.91 Å². The fourth-order valence-corrected chi connectivity index (χ4v) is 5.49. The van der Waals surface area contributed by atoms with Crippen molar-refractivity contribution in [2.45, 2.75) is 31.5 Å². The van der Waals surface area contributed by atoms with Crippen molar-refractivity contribution < 1.29 is 24.0 Å². The molecule has 0 aliphatic carbocycles. The van der Waals surface area contributed by atoms with Crippen LogP contribution in [-0.4, -0.2) is 107 Å². The normalized spacial score (nSPS) is 19.0. The van der Waals surface area contributed by atoms with Crippen LogP contribution in [0.15, 0.2) is 18.3 Å². The molecule has 13 nitrogen and oxygen atoms in total. The van der Waals surface area contributed by atoms with Crippen molar-refractivity contribution in [3.63, 3.8) is 0 Å². The Hall–Kier alpha value is -3.62. The zero-order valence-electron chi connectivity index (χ0n) is 21.7. The third-order valence-electron chi connectivity index (χ3n) is 6.41. The lowest BCUT2D eigenvalue weighted by atomic mass is 9.98. The van der Waals surface area contributed by atoms with E-state index in [4.69, 9.17) is 11.6 Å². The predicted octanol–water partition coefficient (Wildman–Crippen LogP) is -0.278. The van der Waals surface area contributed by atoms with Gasteiger partial charge in [-0.05, 0) is 25.6 Å². The maximum absolute atomic E-state index is 13.2. The van der Waals surface area contributed by atoms with E-state index >= 15 is 0 Å². The molecule has 0 aromatic carbocycles. The minimum atomic E-state index is -0.951. The first-order valence-electron chi connectivity index (χ1n) is 12.2. The fraction of sp³-hybridized carbons (Fsp3) is 0.458. The summed E-state index contributed by atoms with van der Waals surface area (Å²) in [5.41, 5.74) is 0.887. The van der Waals surface area contributed by atoms with Gasteiger partial charge in [-0.15, -0.1) is 11.3 Å². The number of carbonyl (C=O) groups excluding carboxylic acids is 5. The summed E-state index contributed by atoms with van der Waals surface area (Å²) in [6.07, 6.45) is 2.27. The summed E-state index contributed by atoms with van der Waals surface area (Å²) in [7, 11) is 4.95. The summed E-state index contributed by atoms with van der Waals surface area (Å²) in [4.78, 5) is 77.5. The molecule has 1 fully saturated rings. The van der Waals surface area contributed by atoms with Crippen molar-refractivity contribution in [2.75, 3.05) is 46.1 Å². The van der Waals surface area contributed by atoms with Crippen LogP contribution in [0.2, 0.25) is 5.02 Å². The number of likely N-dealkylation sites (tertiary alicyclic amines) is 1. The number of pyridine rings is 1. The standard InChI is InChI=1S/C24H29ClN8O5S/c1-31(2)23(37)24(38)33-9-7-14(27-19(34)20(35)30-18-5-4-13(25)10-26-18)16(11-33)28-21(36)22-29-15-6-8-32(3)12-17(15)39-22/h4-5,10,14,16H,6-9,11-12H2,1-3H3,(H,27,34)(H,28,36)(H,26,30,35)/t14-,16+/m0/s1. The minimum Gasteiger partial charge on any atom is -0.343 e. The van der Waals surface area contributed by atoms with Crippen LogP contribution in [0.5, 0.6) is 0 Å². The Morgan fingerprint density at radius 3 is 2.54 bits per heavy atom. The molecule has 2 aliphatic heterocycles. The molecule has 4 rings (SSSR count). The van der Waals surface area contributed by atoms with Crippen molar-refractivity contribution in [2.24, 2.45) is 0 Å². The van der Waals surface area contributed by atoms with Crippen LogP contribution < -0.4 is 16.0 Å². The number of likely N-dealkylation sites (N-methyl/N-ethyl adjacent to an activating group) is 2. The number of rotatable bonds is 4. The van der Waals surface area contributed by atoms with Gasteiger partial charge in [-0.2, -0.15) is 0 Å². The molecule has 39 heavy (non-hydrogen) atoms. The Morgan fingerprint density at radius 2 is 1.85 bits per heavy atom. The van der Waals surface area contributed by atoms with E-state index in [-0.39, 0.29) is 30.3 Å². The number of piperidine rings is 1. The average Bonchev–Trinajstić information content (AvgIpc) is 3.33. The molecule has 1 saturated heterocycles. The molecule has 208 valence electrons. The summed E-state index contributed by atoms with van der Waals surface area (Å²) < 4.78 is 0. The second kappa shape index (κ2) is 12.1. The zero-order chi connectivity index (χ0) is 28.3. The predicted molar refractivity (Wildman–Crippen MR) is 143 cm³/mol. The number of amides is 5.